The van der Waals surface area contributed by atoms with Crippen LogP contribution in [0.3, 0.4) is 0 Å². The first-order valence-corrected chi connectivity index (χ1v) is 8.16. The monoisotopic (exact) mass is 397 g/mol. The highest BCUT2D eigenvalue weighted by Gasteiger charge is 2.36. The molecule has 128 valence electrons. The lowest BCUT2D eigenvalue weighted by molar-refractivity contribution is -0.120. The van der Waals surface area contributed by atoms with Crippen LogP contribution in [0.15, 0.2) is 36.4 Å². The number of rotatable bonds is 4. The molecule has 1 aliphatic heterocycles. The first-order valence-electron chi connectivity index (χ1n) is 7.03. The fraction of sp³-hybridized carbons (Fsp3) is 0.0625. The molecular weight excluding hydrogens is 389 g/mol. The van der Waals surface area contributed by atoms with E-state index in [1.807, 2.05) is 0 Å². The van der Waals surface area contributed by atoms with E-state index in [4.69, 9.17) is 34.8 Å². The molecule has 0 atom stereocenters. The number of hydrazine groups is 1. The number of carbonyl (C=O) groups excluding carboxylic acids is 3. The minimum absolute atomic E-state index is 0.207. The number of carbonyl (C=O) groups is 3. The molecule has 0 radical (unpaired) electrons. The number of anilines is 1. The summed E-state index contributed by atoms with van der Waals surface area (Å²) in [4.78, 5) is 37.4. The maximum absolute atomic E-state index is 12.2. The molecule has 25 heavy (non-hydrogen) atoms. The van der Waals surface area contributed by atoms with Crippen molar-refractivity contribution >= 4 is 58.2 Å². The van der Waals surface area contributed by atoms with Gasteiger partial charge in [0, 0.05) is 5.02 Å². The lowest BCUT2D eigenvalue weighted by atomic mass is 10.1. The molecule has 0 spiro atoms. The predicted molar refractivity (Wildman–Crippen MR) is 95.0 cm³/mol. The first-order chi connectivity index (χ1) is 11.9. The molecule has 1 heterocycles. The summed E-state index contributed by atoms with van der Waals surface area (Å²) < 4.78 is 0. The number of nitrogens with zero attached hydrogens (tertiary/aromatic N) is 1. The standard InChI is InChI=1S/C16H10Cl3N3O3/c17-8-5-11(18)14(12(19)6-8)21-20-13(23)7-22-15(24)9-3-1-2-4-10(9)16(22)25/h1-6,21H,7H2,(H,20,23). The second-order valence-corrected chi connectivity index (χ2v) is 6.41. The van der Waals surface area contributed by atoms with Gasteiger partial charge in [0.25, 0.3) is 17.7 Å². The van der Waals surface area contributed by atoms with Gasteiger partial charge in [0.2, 0.25) is 0 Å². The van der Waals surface area contributed by atoms with Crippen LogP contribution in [0.25, 0.3) is 0 Å². The Kier molecular flexibility index (Phi) is 4.85. The van der Waals surface area contributed by atoms with Crippen LogP contribution in [-0.2, 0) is 4.79 Å². The quantitative estimate of drug-likeness (QED) is 0.611. The van der Waals surface area contributed by atoms with Gasteiger partial charge >= 0.3 is 0 Å². The van der Waals surface area contributed by atoms with Gasteiger partial charge in [-0.3, -0.25) is 30.1 Å². The van der Waals surface area contributed by atoms with E-state index in [0.29, 0.717) is 5.02 Å². The van der Waals surface area contributed by atoms with Crippen molar-refractivity contribution in [3.05, 3.63) is 62.6 Å². The summed E-state index contributed by atoms with van der Waals surface area (Å²) in [5, 5.41) is 0.759. The molecule has 0 unspecified atom stereocenters. The number of benzene rings is 2. The minimum Gasteiger partial charge on any atom is -0.296 e. The maximum atomic E-state index is 12.2. The van der Waals surface area contributed by atoms with Crippen molar-refractivity contribution in [1.29, 1.82) is 0 Å². The highest BCUT2D eigenvalue weighted by Crippen LogP contribution is 2.33. The van der Waals surface area contributed by atoms with Gasteiger partial charge in [-0.2, -0.15) is 0 Å². The van der Waals surface area contributed by atoms with Crippen LogP contribution in [0, 0.1) is 0 Å². The number of halogens is 3. The van der Waals surface area contributed by atoms with Crippen LogP contribution in [0.5, 0.6) is 0 Å². The van der Waals surface area contributed by atoms with Crippen molar-refractivity contribution < 1.29 is 14.4 Å². The van der Waals surface area contributed by atoms with Gasteiger partial charge in [-0.1, -0.05) is 46.9 Å². The van der Waals surface area contributed by atoms with Gasteiger partial charge in [-0.15, -0.1) is 0 Å². The average molecular weight is 399 g/mol. The molecule has 0 fully saturated rings. The molecule has 3 amide bonds. The summed E-state index contributed by atoms with van der Waals surface area (Å²) in [5.41, 5.74) is 5.71. The lowest BCUT2D eigenvalue weighted by Crippen LogP contribution is -2.42. The number of hydrogen-bond acceptors (Lipinski definition) is 4. The van der Waals surface area contributed by atoms with E-state index >= 15 is 0 Å². The van der Waals surface area contributed by atoms with Gasteiger partial charge in [-0.05, 0) is 24.3 Å². The van der Waals surface area contributed by atoms with Crippen molar-refractivity contribution in [3.8, 4) is 0 Å². The summed E-state index contributed by atoms with van der Waals surface area (Å²) in [6, 6.07) is 9.29. The fourth-order valence-corrected chi connectivity index (χ4v) is 3.27. The van der Waals surface area contributed by atoms with E-state index < -0.39 is 24.3 Å². The van der Waals surface area contributed by atoms with Gasteiger partial charge < -0.3 is 0 Å². The van der Waals surface area contributed by atoms with E-state index in [1.54, 1.807) is 24.3 Å². The number of nitrogens with one attached hydrogen (secondary N) is 2. The Morgan fingerprint density at radius 1 is 0.960 bits per heavy atom. The molecule has 0 saturated carbocycles. The smallest absolute Gasteiger partial charge is 0.262 e. The molecule has 1 aliphatic rings. The van der Waals surface area contributed by atoms with Gasteiger partial charge in [0.05, 0.1) is 26.9 Å². The maximum Gasteiger partial charge on any atom is 0.262 e. The highest BCUT2D eigenvalue weighted by atomic mass is 35.5. The van der Waals surface area contributed by atoms with E-state index in [9.17, 15) is 14.4 Å². The Hall–Kier alpha value is -2.28. The first kappa shape index (κ1) is 17.5. The molecular formula is C16H10Cl3N3O3. The van der Waals surface area contributed by atoms with Gasteiger partial charge in [0.15, 0.2) is 0 Å². The van der Waals surface area contributed by atoms with Crippen molar-refractivity contribution in [2.24, 2.45) is 0 Å². The summed E-state index contributed by atoms with van der Waals surface area (Å²) in [7, 11) is 0. The van der Waals surface area contributed by atoms with E-state index in [1.165, 1.54) is 12.1 Å². The molecule has 0 bridgehead atoms. The Balaban J connectivity index is 1.67. The molecule has 2 N–H and O–H groups in total. The second-order valence-electron chi connectivity index (χ2n) is 5.16. The summed E-state index contributed by atoms with van der Waals surface area (Å²) >= 11 is 17.8. The van der Waals surface area contributed by atoms with Gasteiger partial charge in [0.1, 0.15) is 6.54 Å². The van der Waals surface area contributed by atoms with Crippen molar-refractivity contribution in [3.63, 3.8) is 0 Å². The van der Waals surface area contributed by atoms with E-state index in [-0.39, 0.29) is 26.9 Å². The molecule has 0 aromatic heterocycles. The van der Waals surface area contributed by atoms with Crippen LogP contribution in [-0.4, -0.2) is 29.2 Å². The Bertz CT molecular complexity index is 843. The van der Waals surface area contributed by atoms with E-state index in [0.717, 1.165) is 4.90 Å². The molecule has 2 aromatic rings. The zero-order valence-corrected chi connectivity index (χ0v) is 14.7. The van der Waals surface area contributed by atoms with Crippen LogP contribution >= 0.6 is 34.8 Å². The Morgan fingerprint density at radius 3 is 2.00 bits per heavy atom. The summed E-state index contributed by atoms with van der Waals surface area (Å²) in [6.07, 6.45) is 0. The molecule has 6 nitrogen and oxygen atoms in total. The number of fused-ring (bicyclic) bond motifs is 1. The normalized spacial score (nSPS) is 13.0. The molecule has 2 aromatic carbocycles. The van der Waals surface area contributed by atoms with Crippen LogP contribution in [0.2, 0.25) is 15.1 Å². The molecule has 9 heteroatoms. The van der Waals surface area contributed by atoms with E-state index in [2.05, 4.69) is 10.9 Å². The zero-order chi connectivity index (χ0) is 18.1. The molecule has 0 aliphatic carbocycles. The number of hydrogen-bond donors (Lipinski definition) is 2. The largest absolute Gasteiger partial charge is 0.296 e. The third-order valence-corrected chi connectivity index (χ3v) is 4.33. The van der Waals surface area contributed by atoms with Crippen LogP contribution in [0.1, 0.15) is 20.7 Å². The summed E-state index contributed by atoms with van der Waals surface area (Å²) in [6.45, 7) is -0.442. The third-order valence-electron chi connectivity index (χ3n) is 3.51. The molecule has 0 saturated heterocycles. The van der Waals surface area contributed by atoms with Crippen molar-refractivity contribution in [1.82, 2.24) is 10.3 Å². The zero-order valence-electron chi connectivity index (χ0n) is 12.5. The molecule has 3 rings (SSSR count). The highest BCUT2D eigenvalue weighted by molar-refractivity contribution is 6.41. The Labute approximate surface area is 157 Å². The average Bonchev–Trinajstić information content (AvgIpc) is 2.79. The number of imide groups is 1. The lowest BCUT2D eigenvalue weighted by Gasteiger charge is -2.15. The second kappa shape index (κ2) is 6.92. The summed E-state index contributed by atoms with van der Waals surface area (Å²) in [5.74, 6) is -1.65. The third kappa shape index (κ3) is 3.42. The fourth-order valence-electron chi connectivity index (χ4n) is 2.36. The van der Waals surface area contributed by atoms with Crippen molar-refractivity contribution in [2.75, 3.05) is 12.0 Å². The Morgan fingerprint density at radius 2 is 1.48 bits per heavy atom. The number of amides is 3. The topological polar surface area (TPSA) is 78.5 Å². The van der Waals surface area contributed by atoms with Crippen LogP contribution < -0.4 is 10.9 Å². The van der Waals surface area contributed by atoms with Crippen molar-refractivity contribution in [2.45, 2.75) is 0 Å². The minimum atomic E-state index is -0.614. The van der Waals surface area contributed by atoms with Gasteiger partial charge in [-0.25, -0.2) is 0 Å². The van der Waals surface area contributed by atoms with Crippen LogP contribution in [0.4, 0.5) is 5.69 Å². The predicted octanol–water partition coefficient (Wildman–Crippen LogP) is 3.39. The SMILES string of the molecule is O=C(CN1C(=O)c2ccccc2C1=O)NNc1c(Cl)cc(Cl)cc1Cl.